The maximum absolute atomic E-state index is 12.3. The molecule has 0 aliphatic rings. The molecule has 0 aromatic rings. The normalized spacial score (nSPS) is 15.0. The number of hydrogen-bond donors (Lipinski definition) is 4. The lowest BCUT2D eigenvalue weighted by Crippen LogP contribution is -2.45. The predicted octanol–water partition coefficient (Wildman–Crippen LogP) is 8.19. The molecule has 41 heavy (non-hydrogen) atoms. The van der Waals surface area contributed by atoms with Crippen molar-refractivity contribution in [2.75, 3.05) is 6.61 Å². The van der Waals surface area contributed by atoms with Crippen LogP contribution in [0.3, 0.4) is 0 Å². The summed E-state index contributed by atoms with van der Waals surface area (Å²) in [7, 11) is 0. The number of allylic oxidation sites excluding steroid dienone is 10. The van der Waals surface area contributed by atoms with E-state index in [-0.39, 0.29) is 18.9 Å². The van der Waals surface area contributed by atoms with Gasteiger partial charge in [-0.2, -0.15) is 0 Å². The quantitative estimate of drug-likeness (QED) is 0.0454. The molecule has 1 amide bonds. The third kappa shape index (κ3) is 27.7. The molecule has 0 rings (SSSR count). The second-order valence-electron chi connectivity index (χ2n) is 10.7. The van der Waals surface area contributed by atoms with Crippen molar-refractivity contribution in [1.82, 2.24) is 5.32 Å². The van der Waals surface area contributed by atoms with Crippen molar-refractivity contribution in [3.8, 4) is 0 Å². The highest BCUT2D eigenvalue weighted by atomic mass is 16.3. The molecule has 5 heteroatoms. The summed E-state index contributed by atoms with van der Waals surface area (Å²) < 4.78 is 0. The third-order valence-corrected chi connectivity index (χ3v) is 6.80. The lowest BCUT2D eigenvalue weighted by atomic mass is 10.1. The number of amides is 1. The number of carbonyl (C=O) groups is 1. The Balaban J connectivity index is 3.97. The minimum atomic E-state index is -0.915. The van der Waals surface area contributed by atoms with Gasteiger partial charge in [-0.05, 0) is 51.4 Å². The minimum Gasteiger partial charge on any atom is -0.394 e. The first-order valence-electron chi connectivity index (χ1n) is 16.3. The monoisotopic (exact) mass is 571 g/mol. The van der Waals surface area contributed by atoms with Crippen LogP contribution in [-0.2, 0) is 4.79 Å². The zero-order chi connectivity index (χ0) is 30.2. The van der Waals surface area contributed by atoms with E-state index < -0.39 is 18.2 Å². The summed E-state index contributed by atoms with van der Waals surface area (Å²) in [6, 6.07) is -0.718. The summed E-state index contributed by atoms with van der Waals surface area (Å²) >= 11 is 0. The van der Waals surface area contributed by atoms with Gasteiger partial charge < -0.3 is 20.6 Å². The molecule has 0 heterocycles. The van der Waals surface area contributed by atoms with E-state index >= 15 is 0 Å². The minimum absolute atomic E-state index is 0.231. The van der Waals surface area contributed by atoms with Gasteiger partial charge in [0.05, 0.1) is 24.9 Å². The lowest BCUT2D eigenvalue weighted by Gasteiger charge is -2.20. The molecule has 0 aromatic carbocycles. The first-order chi connectivity index (χ1) is 20.0. The summed E-state index contributed by atoms with van der Waals surface area (Å²) in [5.74, 6) is -0.231. The molecule has 234 valence electrons. The molecule has 5 nitrogen and oxygen atoms in total. The Bertz CT molecular complexity index is 766. The molecular weight excluding hydrogens is 510 g/mol. The average Bonchev–Trinajstić information content (AvgIpc) is 2.96. The number of aliphatic hydroxyl groups is 3. The Labute approximate surface area is 251 Å². The Morgan fingerprint density at radius 3 is 1.88 bits per heavy atom. The van der Waals surface area contributed by atoms with Gasteiger partial charge in [-0.1, -0.05) is 138 Å². The van der Waals surface area contributed by atoms with Gasteiger partial charge in [0, 0.05) is 6.42 Å². The van der Waals surface area contributed by atoms with E-state index in [4.69, 9.17) is 0 Å². The van der Waals surface area contributed by atoms with Crippen molar-refractivity contribution in [3.63, 3.8) is 0 Å². The Morgan fingerprint density at radius 1 is 0.683 bits per heavy atom. The van der Waals surface area contributed by atoms with Crippen LogP contribution in [0.2, 0.25) is 0 Å². The largest absolute Gasteiger partial charge is 0.394 e. The van der Waals surface area contributed by atoms with Crippen molar-refractivity contribution in [2.24, 2.45) is 0 Å². The summed E-state index contributed by atoms with van der Waals surface area (Å²) in [4.78, 5) is 12.3. The van der Waals surface area contributed by atoms with Crippen LogP contribution in [0.25, 0.3) is 0 Å². The van der Waals surface area contributed by atoms with Gasteiger partial charge in [-0.15, -0.1) is 0 Å². The average molecular weight is 572 g/mol. The highest BCUT2D eigenvalue weighted by Gasteiger charge is 2.18. The van der Waals surface area contributed by atoms with Crippen LogP contribution in [-0.4, -0.2) is 46.1 Å². The topological polar surface area (TPSA) is 89.8 Å². The van der Waals surface area contributed by atoms with E-state index in [0.29, 0.717) is 12.8 Å². The van der Waals surface area contributed by atoms with E-state index in [0.717, 1.165) is 38.5 Å². The number of aliphatic hydroxyl groups excluding tert-OH is 3. The van der Waals surface area contributed by atoms with E-state index in [1.165, 1.54) is 51.4 Å². The van der Waals surface area contributed by atoms with E-state index in [1.54, 1.807) is 12.2 Å². The predicted molar refractivity (Wildman–Crippen MR) is 176 cm³/mol. The van der Waals surface area contributed by atoms with Gasteiger partial charge in [0.2, 0.25) is 5.91 Å². The van der Waals surface area contributed by atoms with Crippen molar-refractivity contribution in [2.45, 2.75) is 141 Å². The number of rotatable bonds is 27. The van der Waals surface area contributed by atoms with Crippen molar-refractivity contribution >= 4 is 5.91 Å². The van der Waals surface area contributed by atoms with Gasteiger partial charge in [-0.3, -0.25) is 4.79 Å². The molecular formula is C36H61NO4. The first-order valence-corrected chi connectivity index (χ1v) is 16.3. The SMILES string of the molecule is CC/C=C\C/C=C\C/C=C\C/C=C\C=C\C(O)CCCC(=O)N[C@@H](CO)[C@H](O)/C=C/CCCCCCCCCCC. The molecule has 0 aliphatic heterocycles. The van der Waals surface area contributed by atoms with Gasteiger partial charge in [-0.25, -0.2) is 0 Å². The molecule has 3 atom stereocenters. The fraction of sp³-hybridized carbons (Fsp3) is 0.639. The number of nitrogens with one attached hydrogen (secondary N) is 1. The smallest absolute Gasteiger partial charge is 0.220 e. The zero-order valence-electron chi connectivity index (χ0n) is 26.1. The van der Waals surface area contributed by atoms with E-state index in [2.05, 4.69) is 55.6 Å². The van der Waals surface area contributed by atoms with Crippen LogP contribution >= 0.6 is 0 Å². The van der Waals surface area contributed by atoms with Crippen LogP contribution in [0.5, 0.6) is 0 Å². The maximum Gasteiger partial charge on any atom is 0.220 e. The fourth-order valence-corrected chi connectivity index (χ4v) is 4.26. The molecule has 0 spiro atoms. The van der Waals surface area contributed by atoms with Crippen LogP contribution in [0.4, 0.5) is 0 Å². The highest BCUT2D eigenvalue weighted by Crippen LogP contribution is 2.11. The summed E-state index contributed by atoms with van der Waals surface area (Å²) in [6.07, 6.45) is 40.0. The van der Waals surface area contributed by atoms with Crippen LogP contribution in [0.15, 0.2) is 72.9 Å². The highest BCUT2D eigenvalue weighted by molar-refractivity contribution is 5.76. The Kier molecular flexibility index (Phi) is 29.1. The Morgan fingerprint density at radius 2 is 1.27 bits per heavy atom. The second kappa shape index (κ2) is 30.7. The van der Waals surface area contributed by atoms with Crippen molar-refractivity contribution < 1.29 is 20.1 Å². The standard InChI is InChI=1S/C36H61NO4/c1-3-5-7-9-11-13-15-16-18-19-21-23-25-28-33(39)29-27-31-36(41)37-34(32-38)35(40)30-26-24-22-20-17-14-12-10-8-6-4-2/h5,7,11,13,16,18,21,23,25-26,28,30,33-35,38-40H,3-4,6,8-10,12,14-15,17,19-20,22,24,27,29,31-32H2,1-2H3,(H,37,41)/b7-5-,13-11-,18-16-,23-21-,28-25+,30-26+/t33?,34-,35+/m0/s1. The third-order valence-electron chi connectivity index (χ3n) is 6.80. The van der Waals surface area contributed by atoms with Crippen LogP contribution in [0, 0.1) is 0 Å². The van der Waals surface area contributed by atoms with Crippen molar-refractivity contribution in [1.29, 1.82) is 0 Å². The van der Waals surface area contributed by atoms with Gasteiger partial charge >= 0.3 is 0 Å². The molecule has 0 saturated heterocycles. The van der Waals surface area contributed by atoms with Gasteiger partial charge in [0.15, 0.2) is 0 Å². The molecule has 0 aliphatic carbocycles. The second-order valence-corrected chi connectivity index (χ2v) is 10.7. The van der Waals surface area contributed by atoms with Crippen molar-refractivity contribution in [3.05, 3.63) is 72.9 Å². The summed E-state index contributed by atoms with van der Waals surface area (Å²) in [5.41, 5.74) is 0. The molecule has 1 unspecified atom stereocenters. The zero-order valence-corrected chi connectivity index (χ0v) is 26.1. The molecule has 4 N–H and O–H groups in total. The number of hydrogen-bond acceptors (Lipinski definition) is 4. The molecule has 0 saturated carbocycles. The van der Waals surface area contributed by atoms with E-state index in [9.17, 15) is 20.1 Å². The Hall–Kier alpha value is -2.21. The van der Waals surface area contributed by atoms with Crippen LogP contribution < -0.4 is 5.32 Å². The first kappa shape index (κ1) is 38.8. The van der Waals surface area contributed by atoms with E-state index in [1.807, 2.05) is 24.3 Å². The summed E-state index contributed by atoms with van der Waals surface area (Å²) in [6.45, 7) is 4.05. The maximum atomic E-state index is 12.3. The number of carbonyl (C=O) groups excluding carboxylic acids is 1. The molecule has 0 fully saturated rings. The lowest BCUT2D eigenvalue weighted by molar-refractivity contribution is -0.123. The molecule has 0 radical (unpaired) electrons. The van der Waals surface area contributed by atoms with Crippen LogP contribution in [0.1, 0.15) is 123 Å². The fourth-order valence-electron chi connectivity index (χ4n) is 4.26. The molecule has 0 aromatic heterocycles. The number of unbranched alkanes of at least 4 members (excludes halogenated alkanes) is 9. The summed E-state index contributed by atoms with van der Waals surface area (Å²) in [5, 5.41) is 32.8. The molecule has 0 bridgehead atoms. The van der Waals surface area contributed by atoms with Gasteiger partial charge in [0.25, 0.3) is 0 Å². The van der Waals surface area contributed by atoms with Gasteiger partial charge in [0.1, 0.15) is 0 Å².